The molecule has 0 aliphatic rings. The van der Waals surface area contributed by atoms with Crippen molar-refractivity contribution in [3.63, 3.8) is 0 Å². The SMILES string of the molecule is CCC(c1ccccc1)c1[nH]cc[n+]1C.F[P-](F)(F)(F)(F)F. The van der Waals surface area contributed by atoms with Crippen molar-refractivity contribution < 1.29 is 29.7 Å². The molecule has 0 spiro atoms. The van der Waals surface area contributed by atoms with Crippen molar-refractivity contribution in [3.05, 3.63) is 54.1 Å². The number of benzene rings is 1. The van der Waals surface area contributed by atoms with Gasteiger partial charge in [0.15, 0.2) is 0 Å². The first-order valence-corrected chi connectivity index (χ1v) is 8.45. The molecule has 2 nitrogen and oxygen atoms in total. The standard InChI is InChI=1S/C13H16N2.F6P/c1-3-12(11-7-5-4-6-8-11)13-14-9-10-15(13)2;1-7(2,3,4,5)6/h4-10,12H,3H2,1-2H3;/q;-1/p+1. The van der Waals surface area contributed by atoms with E-state index in [2.05, 4.69) is 60.1 Å². The van der Waals surface area contributed by atoms with Crippen LogP contribution >= 0.6 is 7.81 Å². The van der Waals surface area contributed by atoms with Crippen LogP contribution in [0.15, 0.2) is 42.7 Å². The zero-order chi connectivity index (χ0) is 17.1. The summed E-state index contributed by atoms with van der Waals surface area (Å²) >= 11 is 0. The van der Waals surface area contributed by atoms with Gasteiger partial charge in [-0.3, -0.25) is 0 Å². The maximum atomic E-state index is 9.87. The van der Waals surface area contributed by atoms with Crippen LogP contribution in [0, 0.1) is 0 Å². The first-order chi connectivity index (χ1) is 9.78. The van der Waals surface area contributed by atoms with Crippen molar-refractivity contribution >= 4 is 7.81 Å². The van der Waals surface area contributed by atoms with Crippen molar-refractivity contribution in [2.75, 3.05) is 0 Å². The van der Waals surface area contributed by atoms with Crippen LogP contribution in [-0.4, -0.2) is 4.98 Å². The Morgan fingerprint density at radius 3 is 1.91 bits per heavy atom. The molecule has 0 saturated carbocycles. The van der Waals surface area contributed by atoms with Crippen LogP contribution in [0.1, 0.15) is 30.7 Å². The third kappa shape index (κ3) is 8.02. The molecule has 0 radical (unpaired) electrons. The van der Waals surface area contributed by atoms with Gasteiger partial charge in [-0.25, -0.2) is 9.55 Å². The van der Waals surface area contributed by atoms with E-state index in [1.807, 2.05) is 6.20 Å². The van der Waals surface area contributed by atoms with Crippen LogP contribution in [0.5, 0.6) is 0 Å². The number of aromatic nitrogens is 2. The van der Waals surface area contributed by atoms with E-state index in [9.17, 15) is 25.2 Å². The van der Waals surface area contributed by atoms with E-state index >= 15 is 0 Å². The Morgan fingerprint density at radius 1 is 1.05 bits per heavy atom. The molecule has 0 saturated heterocycles. The summed E-state index contributed by atoms with van der Waals surface area (Å²) in [6.45, 7) is 2.22. The van der Waals surface area contributed by atoms with Gasteiger partial charge in [-0.05, 0) is 12.0 Å². The van der Waals surface area contributed by atoms with Gasteiger partial charge < -0.3 is 0 Å². The molecule has 0 fully saturated rings. The Bertz CT molecular complexity index is 594. The number of aromatic amines is 1. The van der Waals surface area contributed by atoms with Crippen LogP contribution in [0.3, 0.4) is 0 Å². The molecular weight excluding hydrogens is 329 g/mol. The summed E-state index contributed by atoms with van der Waals surface area (Å²) in [5.41, 5.74) is 1.37. The van der Waals surface area contributed by atoms with Crippen molar-refractivity contribution in [1.29, 1.82) is 0 Å². The number of aryl methyl sites for hydroxylation is 1. The van der Waals surface area contributed by atoms with Crippen molar-refractivity contribution in [2.24, 2.45) is 7.05 Å². The first kappa shape index (κ1) is 18.5. The van der Waals surface area contributed by atoms with Gasteiger partial charge in [0.05, 0.1) is 13.0 Å². The molecule has 1 aromatic carbocycles. The fourth-order valence-electron chi connectivity index (χ4n) is 2.04. The maximum absolute atomic E-state index is 10.7. The van der Waals surface area contributed by atoms with E-state index in [4.69, 9.17) is 0 Å². The van der Waals surface area contributed by atoms with Crippen LogP contribution < -0.4 is 4.57 Å². The van der Waals surface area contributed by atoms with Gasteiger partial charge in [0.25, 0.3) is 5.82 Å². The Balaban J connectivity index is 0.000000295. The predicted molar refractivity (Wildman–Crippen MR) is 74.1 cm³/mol. The number of imidazole rings is 1. The molecule has 0 amide bonds. The fraction of sp³-hybridized carbons (Fsp3) is 0.308. The van der Waals surface area contributed by atoms with E-state index in [0.717, 1.165) is 6.42 Å². The van der Waals surface area contributed by atoms with E-state index in [0.29, 0.717) is 5.92 Å². The summed E-state index contributed by atoms with van der Waals surface area (Å²) in [5, 5.41) is 0. The molecule has 1 heterocycles. The van der Waals surface area contributed by atoms with Crippen molar-refractivity contribution in [3.8, 4) is 0 Å². The molecule has 2 rings (SSSR count). The second-order valence-corrected chi connectivity index (χ2v) is 6.70. The topological polar surface area (TPSA) is 19.7 Å². The van der Waals surface area contributed by atoms with Crippen LogP contribution in [0.2, 0.25) is 0 Å². The number of rotatable bonds is 3. The molecule has 0 aliphatic heterocycles. The minimum absolute atomic E-state index is 0.464. The number of hydrogen-bond donors (Lipinski definition) is 1. The molecule has 0 bridgehead atoms. The Kier molecular flexibility index (Phi) is 4.68. The third-order valence-corrected chi connectivity index (χ3v) is 2.85. The Hall–Kier alpha value is -1.56. The monoisotopic (exact) mass is 346 g/mol. The van der Waals surface area contributed by atoms with Gasteiger partial charge in [-0.2, -0.15) is 0 Å². The number of nitrogens with zero attached hydrogens (tertiary/aromatic N) is 1. The molecule has 1 unspecified atom stereocenters. The molecule has 9 heteroatoms. The molecular formula is C13H17F6N2P. The van der Waals surface area contributed by atoms with E-state index in [1.54, 1.807) is 0 Å². The molecule has 2 aromatic rings. The average Bonchev–Trinajstić information content (AvgIpc) is 2.74. The van der Waals surface area contributed by atoms with Gasteiger partial charge in [-0.15, -0.1) is 0 Å². The van der Waals surface area contributed by atoms with Crippen LogP contribution in [0.25, 0.3) is 0 Å². The second-order valence-electron chi connectivity index (χ2n) is 4.79. The summed E-state index contributed by atoms with van der Waals surface area (Å²) in [4.78, 5) is 3.32. The van der Waals surface area contributed by atoms with Gasteiger partial charge >= 0.3 is 33.0 Å². The number of hydrogen-bond acceptors (Lipinski definition) is 0. The number of H-pyrrole nitrogens is 1. The summed E-state index contributed by atoms with van der Waals surface area (Å²) in [6.07, 6.45) is 5.15. The second kappa shape index (κ2) is 5.57. The van der Waals surface area contributed by atoms with Crippen LogP contribution in [0.4, 0.5) is 25.2 Å². The van der Waals surface area contributed by atoms with E-state index in [1.165, 1.54) is 11.4 Å². The molecule has 126 valence electrons. The van der Waals surface area contributed by atoms with Gasteiger partial charge in [0.1, 0.15) is 12.4 Å². The zero-order valence-corrected chi connectivity index (χ0v) is 12.9. The predicted octanol–water partition coefficient (Wildman–Crippen LogP) is 5.76. The summed E-state index contributed by atoms with van der Waals surface area (Å²) in [7, 11) is -8.58. The zero-order valence-electron chi connectivity index (χ0n) is 12.0. The molecule has 1 N–H and O–H groups in total. The van der Waals surface area contributed by atoms with Gasteiger partial charge in [-0.1, -0.05) is 37.3 Å². The van der Waals surface area contributed by atoms with Gasteiger partial charge in [0.2, 0.25) is 0 Å². The summed E-state index contributed by atoms with van der Waals surface area (Å²) in [5.74, 6) is 1.73. The van der Waals surface area contributed by atoms with Crippen molar-refractivity contribution in [2.45, 2.75) is 19.3 Å². The molecule has 1 aromatic heterocycles. The summed E-state index contributed by atoms with van der Waals surface area (Å²) in [6, 6.07) is 10.6. The first-order valence-electron chi connectivity index (χ1n) is 6.42. The molecule has 22 heavy (non-hydrogen) atoms. The number of nitrogens with one attached hydrogen (secondary N) is 1. The van der Waals surface area contributed by atoms with Gasteiger partial charge in [0, 0.05) is 0 Å². The molecule has 1 atom stereocenters. The van der Waals surface area contributed by atoms with E-state index in [-0.39, 0.29) is 0 Å². The van der Waals surface area contributed by atoms with Crippen molar-refractivity contribution in [1.82, 2.24) is 4.98 Å². The van der Waals surface area contributed by atoms with Crippen LogP contribution in [-0.2, 0) is 7.05 Å². The third-order valence-electron chi connectivity index (χ3n) is 2.85. The minimum atomic E-state index is -10.7. The Labute approximate surface area is 124 Å². The fourth-order valence-corrected chi connectivity index (χ4v) is 2.04. The van der Waals surface area contributed by atoms with E-state index < -0.39 is 7.81 Å². The quantitative estimate of drug-likeness (QED) is 0.414. The normalized spacial score (nSPS) is 16.0. The summed E-state index contributed by atoms with van der Waals surface area (Å²) < 4.78 is 61.3. The molecule has 0 aliphatic carbocycles. The average molecular weight is 346 g/mol. The Morgan fingerprint density at radius 2 is 1.55 bits per heavy atom. The number of halogens is 6.